The standard InChI is InChI=1S/C15H15Cl2N3O2S2/c1-23-6-4-12(14(22)20-15-18-5-7-24-15)19-13(21)10-3-2-9(16)8-11(10)17/h2-3,5,7-8,12H,4,6H2,1H3,(H,19,21)(H,18,20,22)/t12-/m0/s1. The number of hydrogen-bond acceptors (Lipinski definition) is 5. The maximum absolute atomic E-state index is 12.4. The van der Waals surface area contributed by atoms with E-state index >= 15 is 0 Å². The topological polar surface area (TPSA) is 71.1 Å². The number of aromatic nitrogens is 1. The molecule has 1 atom stereocenters. The van der Waals surface area contributed by atoms with Crippen LogP contribution in [0.15, 0.2) is 29.8 Å². The first-order chi connectivity index (χ1) is 11.5. The lowest BCUT2D eigenvalue weighted by Crippen LogP contribution is -2.44. The molecule has 0 bridgehead atoms. The smallest absolute Gasteiger partial charge is 0.253 e. The maximum Gasteiger partial charge on any atom is 0.253 e. The van der Waals surface area contributed by atoms with Gasteiger partial charge in [-0.3, -0.25) is 9.59 Å². The molecule has 0 aliphatic carbocycles. The number of carbonyl (C=O) groups is 2. The minimum atomic E-state index is -0.680. The van der Waals surface area contributed by atoms with E-state index in [4.69, 9.17) is 23.2 Å². The Hall–Kier alpha value is -1.28. The number of halogens is 2. The Balaban J connectivity index is 2.09. The third-order valence-electron chi connectivity index (χ3n) is 3.07. The molecule has 2 rings (SSSR count). The van der Waals surface area contributed by atoms with E-state index in [1.54, 1.807) is 29.4 Å². The third-order valence-corrected chi connectivity index (χ3v) is 4.95. The van der Waals surface area contributed by atoms with Crippen LogP contribution in [0.4, 0.5) is 5.13 Å². The maximum atomic E-state index is 12.4. The Kier molecular flexibility index (Phi) is 7.36. The summed E-state index contributed by atoms with van der Waals surface area (Å²) in [6.07, 6.45) is 4.03. The van der Waals surface area contributed by atoms with Gasteiger partial charge in [-0.05, 0) is 36.6 Å². The van der Waals surface area contributed by atoms with Gasteiger partial charge in [0.05, 0.1) is 10.6 Å². The Bertz CT molecular complexity index is 711. The number of benzene rings is 1. The summed E-state index contributed by atoms with van der Waals surface area (Å²) in [7, 11) is 0. The normalized spacial score (nSPS) is 11.8. The molecule has 2 N–H and O–H groups in total. The third kappa shape index (κ3) is 5.37. The lowest BCUT2D eigenvalue weighted by atomic mass is 10.1. The van der Waals surface area contributed by atoms with Crippen LogP contribution in [-0.4, -0.2) is 34.8 Å². The molecule has 9 heteroatoms. The van der Waals surface area contributed by atoms with Crippen molar-refractivity contribution in [2.45, 2.75) is 12.5 Å². The molecule has 2 amide bonds. The molecule has 0 unspecified atom stereocenters. The van der Waals surface area contributed by atoms with Gasteiger partial charge in [-0.2, -0.15) is 11.8 Å². The molecule has 1 aromatic carbocycles. The summed E-state index contributed by atoms with van der Waals surface area (Å²) in [6.45, 7) is 0. The summed E-state index contributed by atoms with van der Waals surface area (Å²) in [6, 6.07) is 3.92. The van der Waals surface area contributed by atoms with Gasteiger partial charge in [0.1, 0.15) is 6.04 Å². The molecule has 1 aromatic heterocycles. The highest BCUT2D eigenvalue weighted by Gasteiger charge is 2.23. The fourth-order valence-electron chi connectivity index (χ4n) is 1.89. The van der Waals surface area contributed by atoms with Crippen LogP contribution in [0, 0.1) is 0 Å². The second kappa shape index (κ2) is 9.27. The molecular weight excluding hydrogens is 389 g/mol. The van der Waals surface area contributed by atoms with E-state index in [-0.39, 0.29) is 16.5 Å². The predicted molar refractivity (Wildman–Crippen MR) is 101 cm³/mol. The summed E-state index contributed by atoms with van der Waals surface area (Å²) >= 11 is 14.8. The van der Waals surface area contributed by atoms with Gasteiger partial charge in [0.2, 0.25) is 5.91 Å². The van der Waals surface area contributed by atoms with Crippen LogP contribution in [0.3, 0.4) is 0 Å². The summed E-state index contributed by atoms with van der Waals surface area (Å²) in [5.74, 6) is -0.000548. The van der Waals surface area contributed by atoms with Crippen molar-refractivity contribution in [3.8, 4) is 0 Å². The number of thiazole rings is 1. The molecule has 128 valence electrons. The van der Waals surface area contributed by atoms with Gasteiger partial charge >= 0.3 is 0 Å². The first-order valence-corrected chi connectivity index (χ1v) is 9.99. The number of amides is 2. The SMILES string of the molecule is CSCC[C@H](NC(=O)c1ccc(Cl)cc1Cl)C(=O)Nc1nccs1. The second-order valence-electron chi connectivity index (χ2n) is 4.76. The zero-order valence-electron chi connectivity index (χ0n) is 12.7. The number of nitrogens with zero attached hydrogens (tertiary/aromatic N) is 1. The van der Waals surface area contributed by atoms with Crippen molar-refractivity contribution in [2.24, 2.45) is 0 Å². The number of thioether (sulfide) groups is 1. The molecule has 0 spiro atoms. The fourth-order valence-corrected chi connectivity index (χ4v) is 3.39. The van der Waals surface area contributed by atoms with E-state index in [2.05, 4.69) is 15.6 Å². The highest BCUT2D eigenvalue weighted by atomic mass is 35.5. The van der Waals surface area contributed by atoms with Crippen molar-refractivity contribution in [3.05, 3.63) is 45.4 Å². The van der Waals surface area contributed by atoms with E-state index in [1.165, 1.54) is 23.5 Å². The van der Waals surface area contributed by atoms with Gasteiger partial charge in [-0.25, -0.2) is 4.98 Å². The average Bonchev–Trinajstić information content (AvgIpc) is 3.03. The van der Waals surface area contributed by atoms with E-state index in [1.807, 2.05) is 6.26 Å². The van der Waals surface area contributed by atoms with Crippen LogP contribution < -0.4 is 10.6 Å². The van der Waals surface area contributed by atoms with Crippen LogP contribution in [0.25, 0.3) is 0 Å². The first-order valence-electron chi connectivity index (χ1n) is 6.96. The predicted octanol–water partition coefficient (Wildman–Crippen LogP) is 3.94. The lowest BCUT2D eigenvalue weighted by molar-refractivity contribution is -0.118. The number of rotatable bonds is 7. The van der Waals surface area contributed by atoms with Gasteiger partial charge in [0.25, 0.3) is 5.91 Å². The van der Waals surface area contributed by atoms with Gasteiger partial charge in [0.15, 0.2) is 5.13 Å². The van der Waals surface area contributed by atoms with Crippen LogP contribution in [0.5, 0.6) is 0 Å². The molecule has 0 aliphatic rings. The number of anilines is 1. The Labute approximate surface area is 158 Å². The first kappa shape index (κ1) is 19.1. The monoisotopic (exact) mass is 403 g/mol. The molecule has 0 radical (unpaired) electrons. The van der Waals surface area contributed by atoms with Crippen molar-refractivity contribution in [1.82, 2.24) is 10.3 Å². The van der Waals surface area contributed by atoms with Crippen LogP contribution >= 0.6 is 46.3 Å². The molecular formula is C15H15Cl2N3O2S2. The Morgan fingerprint density at radius 1 is 1.38 bits per heavy atom. The van der Waals surface area contributed by atoms with Gasteiger partial charge < -0.3 is 10.6 Å². The molecule has 0 fully saturated rings. The zero-order valence-corrected chi connectivity index (χ0v) is 15.9. The highest BCUT2D eigenvalue weighted by Crippen LogP contribution is 2.21. The molecule has 1 heterocycles. The van der Waals surface area contributed by atoms with E-state index in [9.17, 15) is 9.59 Å². The van der Waals surface area contributed by atoms with Crippen LogP contribution in [-0.2, 0) is 4.79 Å². The van der Waals surface area contributed by atoms with Crippen molar-refractivity contribution in [3.63, 3.8) is 0 Å². The van der Waals surface area contributed by atoms with E-state index < -0.39 is 11.9 Å². The van der Waals surface area contributed by atoms with Crippen molar-refractivity contribution in [1.29, 1.82) is 0 Å². The molecule has 0 saturated carbocycles. The minimum absolute atomic E-state index is 0.240. The summed E-state index contributed by atoms with van der Waals surface area (Å²) in [5, 5.41) is 8.36. The molecule has 2 aromatic rings. The van der Waals surface area contributed by atoms with Crippen LogP contribution in [0.1, 0.15) is 16.8 Å². The second-order valence-corrected chi connectivity index (χ2v) is 7.48. The number of carbonyl (C=O) groups excluding carboxylic acids is 2. The summed E-state index contributed by atoms with van der Waals surface area (Å²) in [5.41, 5.74) is 0.275. The number of hydrogen-bond donors (Lipinski definition) is 2. The lowest BCUT2D eigenvalue weighted by Gasteiger charge is -2.18. The highest BCUT2D eigenvalue weighted by molar-refractivity contribution is 7.98. The van der Waals surface area contributed by atoms with E-state index in [0.29, 0.717) is 16.6 Å². The molecule has 0 aliphatic heterocycles. The largest absolute Gasteiger partial charge is 0.340 e. The fraction of sp³-hybridized carbons (Fsp3) is 0.267. The van der Waals surface area contributed by atoms with Gasteiger partial charge in [-0.15, -0.1) is 11.3 Å². The van der Waals surface area contributed by atoms with Gasteiger partial charge in [0, 0.05) is 16.6 Å². The molecule has 5 nitrogen and oxygen atoms in total. The van der Waals surface area contributed by atoms with Gasteiger partial charge in [-0.1, -0.05) is 23.2 Å². The Morgan fingerprint density at radius 3 is 2.79 bits per heavy atom. The molecule has 24 heavy (non-hydrogen) atoms. The minimum Gasteiger partial charge on any atom is -0.340 e. The Morgan fingerprint density at radius 2 is 2.17 bits per heavy atom. The summed E-state index contributed by atoms with van der Waals surface area (Å²) < 4.78 is 0. The van der Waals surface area contributed by atoms with Crippen molar-refractivity contribution < 1.29 is 9.59 Å². The zero-order chi connectivity index (χ0) is 17.5. The van der Waals surface area contributed by atoms with Crippen LogP contribution in [0.2, 0.25) is 10.0 Å². The molecule has 0 saturated heterocycles. The quantitative estimate of drug-likeness (QED) is 0.734. The van der Waals surface area contributed by atoms with Crippen molar-refractivity contribution in [2.75, 3.05) is 17.3 Å². The van der Waals surface area contributed by atoms with E-state index in [0.717, 1.165) is 5.75 Å². The van der Waals surface area contributed by atoms with Crippen molar-refractivity contribution >= 4 is 63.2 Å². The number of nitrogens with one attached hydrogen (secondary N) is 2. The average molecular weight is 404 g/mol. The summed E-state index contributed by atoms with van der Waals surface area (Å²) in [4.78, 5) is 28.8.